The fraction of sp³-hybridized carbons (Fsp3) is 0.500. The fourth-order valence-electron chi connectivity index (χ4n) is 2.73. The summed E-state index contributed by atoms with van der Waals surface area (Å²) in [6.07, 6.45) is 4.17. The summed E-state index contributed by atoms with van der Waals surface area (Å²) in [4.78, 5) is 42.3. The molecule has 12 heteroatoms. The molecule has 0 aromatic carbocycles. The van der Waals surface area contributed by atoms with Crippen molar-refractivity contribution >= 4 is 17.7 Å². The zero-order valence-electron chi connectivity index (χ0n) is 14.0. The minimum Gasteiger partial charge on any atom is -0.368 e. The number of hydrogen-bond acceptors (Lipinski definition) is 7. The van der Waals surface area contributed by atoms with Gasteiger partial charge in [0.2, 0.25) is 17.7 Å². The number of rotatable bonds is 7. The Morgan fingerprint density at radius 1 is 1.50 bits per heavy atom. The van der Waals surface area contributed by atoms with E-state index in [1.54, 1.807) is 13.1 Å². The van der Waals surface area contributed by atoms with Gasteiger partial charge < -0.3 is 21.4 Å². The summed E-state index contributed by atoms with van der Waals surface area (Å²) < 4.78 is 1.27. The van der Waals surface area contributed by atoms with Gasteiger partial charge in [-0.15, -0.1) is 5.10 Å². The van der Waals surface area contributed by atoms with E-state index in [2.05, 4.69) is 36.1 Å². The topological polar surface area (TPSA) is 174 Å². The van der Waals surface area contributed by atoms with Gasteiger partial charge in [0.1, 0.15) is 12.1 Å². The molecule has 1 aliphatic rings. The standard InChI is InChI=1S/C14H19N9O3/c1-7(12(15)25)23-13(20-21-22-23)10(4-8-5-16-6-17-8)19-14(26)9-2-3-11(24)18-9/h5-7,9-10H,2-4H2,1H3,(H2,15,25)(H,16,17)(H,18,24)(H,19,26)/t7-,9?,10-/m0/s1. The molecular formula is C14H19N9O3. The molecule has 0 spiro atoms. The first-order valence-electron chi connectivity index (χ1n) is 8.09. The molecule has 138 valence electrons. The molecule has 3 amide bonds. The van der Waals surface area contributed by atoms with Crippen LogP contribution in [-0.2, 0) is 20.8 Å². The van der Waals surface area contributed by atoms with Crippen LogP contribution in [0.4, 0.5) is 0 Å². The van der Waals surface area contributed by atoms with Crippen LogP contribution in [0.15, 0.2) is 12.5 Å². The maximum Gasteiger partial charge on any atom is 0.243 e. The van der Waals surface area contributed by atoms with Gasteiger partial charge in [0.15, 0.2) is 5.82 Å². The molecule has 1 aliphatic heterocycles. The van der Waals surface area contributed by atoms with Gasteiger partial charge in [0.25, 0.3) is 0 Å². The molecule has 3 atom stereocenters. The van der Waals surface area contributed by atoms with Gasteiger partial charge in [-0.3, -0.25) is 14.4 Å². The van der Waals surface area contributed by atoms with Crippen LogP contribution in [0, 0.1) is 0 Å². The summed E-state index contributed by atoms with van der Waals surface area (Å²) >= 11 is 0. The van der Waals surface area contributed by atoms with Crippen LogP contribution < -0.4 is 16.4 Å². The number of nitrogens with one attached hydrogen (secondary N) is 3. The van der Waals surface area contributed by atoms with E-state index >= 15 is 0 Å². The normalized spacial score (nSPS) is 19.0. The Labute approximate surface area is 147 Å². The van der Waals surface area contributed by atoms with Crippen LogP contribution in [0.25, 0.3) is 0 Å². The summed E-state index contributed by atoms with van der Waals surface area (Å²) in [5.74, 6) is -0.833. The number of primary amides is 1. The van der Waals surface area contributed by atoms with Gasteiger partial charge in [0.05, 0.1) is 12.4 Å². The van der Waals surface area contributed by atoms with Crippen LogP contribution in [0.2, 0.25) is 0 Å². The molecule has 3 rings (SSSR count). The second-order valence-electron chi connectivity index (χ2n) is 6.06. The van der Waals surface area contributed by atoms with Gasteiger partial charge in [-0.05, 0) is 23.8 Å². The maximum absolute atomic E-state index is 12.5. The Kier molecular flexibility index (Phi) is 4.91. The van der Waals surface area contributed by atoms with Crippen LogP contribution in [-0.4, -0.2) is 53.9 Å². The van der Waals surface area contributed by atoms with Crippen LogP contribution in [0.1, 0.15) is 43.4 Å². The number of tetrazole rings is 1. The van der Waals surface area contributed by atoms with E-state index in [4.69, 9.17) is 5.73 Å². The Balaban J connectivity index is 1.84. The number of H-pyrrole nitrogens is 1. The molecular weight excluding hydrogens is 342 g/mol. The van der Waals surface area contributed by atoms with E-state index < -0.39 is 24.0 Å². The predicted octanol–water partition coefficient (Wildman–Crippen LogP) is -1.88. The van der Waals surface area contributed by atoms with Gasteiger partial charge in [-0.1, -0.05) is 0 Å². The number of carbonyl (C=O) groups is 3. The lowest BCUT2D eigenvalue weighted by Gasteiger charge is -2.21. The highest BCUT2D eigenvalue weighted by Gasteiger charge is 2.31. The maximum atomic E-state index is 12.5. The average molecular weight is 361 g/mol. The summed E-state index contributed by atoms with van der Waals surface area (Å²) in [5, 5.41) is 16.8. The lowest BCUT2D eigenvalue weighted by atomic mass is 10.1. The predicted molar refractivity (Wildman–Crippen MR) is 86.1 cm³/mol. The van der Waals surface area contributed by atoms with Crippen molar-refractivity contribution in [3.8, 4) is 0 Å². The molecule has 1 fully saturated rings. The molecule has 0 bridgehead atoms. The number of imidazole rings is 1. The first-order chi connectivity index (χ1) is 12.5. The van der Waals surface area contributed by atoms with Crippen molar-refractivity contribution in [3.05, 3.63) is 24.0 Å². The van der Waals surface area contributed by atoms with E-state index in [-0.39, 0.29) is 17.6 Å². The average Bonchev–Trinajstić information content (AvgIpc) is 3.34. The highest BCUT2D eigenvalue weighted by atomic mass is 16.2. The van der Waals surface area contributed by atoms with Gasteiger partial charge in [-0.25, -0.2) is 9.67 Å². The second-order valence-corrected chi connectivity index (χ2v) is 6.06. The quantitative estimate of drug-likeness (QED) is 0.446. The summed E-state index contributed by atoms with van der Waals surface area (Å²) in [7, 11) is 0. The molecule has 0 aliphatic carbocycles. The van der Waals surface area contributed by atoms with E-state index in [9.17, 15) is 14.4 Å². The Morgan fingerprint density at radius 2 is 2.31 bits per heavy atom. The number of carbonyl (C=O) groups excluding carboxylic acids is 3. The minimum absolute atomic E-state index is 0.164. The second kappa shape index (κ2) is 7.29. The first kappa shape index (κ1) is 17.5. The Hall–Kier alpha value is -3.31. The smallest absolute Gasteiger partial charge is 0.243 e. The molecule has 1 unspecified atom stereocenters. The van der Waals surface area contributed by atoms with Crippen molar-refractivity contribution in [1.29, 1.82) is 0 Å². The van der Waals surface area contributed by atoms with E-state index in [1.807, 2.05) is 0 Å². The van der Waals surface area contributed by atoms with E-state index in [0.29, 0.717) is 19.3 Å². The molecule has 2 aromatic heterocycles. The van der Waals surface area contributed by atoms with Crippen molar-refractivity contribution in [3.63, 3.8) is 0 Å². The first-order valence-corrected chi connectivity index (χ1v) is 8.09. The molecule has 3 heterocycles. The van der Waals surface area contributed by atoms with Crippen molar-refractivity contribution in [1.82, 2.24) is 40.8 Å². The third kappa shape index (κ3) is 3.68. The number of hydrogen-bond donors (Lipinski definition) is 4. The largest absolute Gasteiger partial charge is 0.368 e. The third-order valence-electron chi connectivity index (χ3n) is 4.22. The van der Waals surface area contributed by atoms with E-state index in [0.717, 1.165) is 5.69 Å². The van der Waals surface area contributed by atoms with Crippen molar-refractivity contribution in [2.45, 2.75) is 44.3 Å². The van der Waals surface area contributed by atoms with E-state index in [1.165, 1.54) is 11.0 Å². The zero-order valence-corrected chi connectivity index (χ0v) is 14.0. The molecule has 0 radical (unpaired) electrons. The zero-order chi connectivity index (χ0) is 18.7. The molecule has 26 heavy (non-hydrogen) atoms. The lowest BCUT2D eigenvalue weighted by molar-refractivity contribution is -0.126. The SMILES string of the molecule is C[C@@H](C(N)=O)n1nnnc1[C@H](Cc1cnc[nH]1)NC(=O)C1CCC(=O)N1. The minimum atomic E-state index is -0.785. The van der Waals surface area contributed by atoms with Gasteiger partial charge in [0, 0.05) is 24.7 Å². The van der Waals surface area contributed by atoms with Crippen LogP contribution in [0.5, 0.6) is 0 Å². The van der Waals surface area contributed by atoms with Crippen molar-refractivity contribution in [2.75, 3.05) is 0 Å². The highest BCUT2D eigenvalue weighted by molar-refractivity contribution is 5.90. The molecule has 2 aromatic rings. The number of amides is 3. The van der Waals surface area contributed by atoms with Crippen LogP contribution in [0.3, 0.4) is 0 Å². The summed E-state index contributed by atoms with van der Waals surface area (Å²) in [5.41, 5.74) is 6.08. The molecule has 0 saturated carbocycles. The van der Waals surface area contributed by atoms with Gasteiger partial charge in [-0.2, -0.15) is 0 Å². The summed E-state index contributed by atoms with van der Waals surface area (Å²) in [6, 6.07) is -2.03. The van der Waals surface area contributed by atoms with Crippen LogP contribution >= 0.6 is 0 Å². The molecule has 12 nitrogen and oxygen atoms in total. The number of nitrogens with zero attached hydrogens (tertiary/aromatic N) is 5. The lowest BCUT2D eigenvalue weighted by Crippen LogP contribution is -2.44. The van der Waals surface area contributed by atoms with Gasteiger partial charge >= 0.3 is 0 Å². The Morgan fingerprint density at radius 3 is 2.92 bits per heavy atom. The highest BCUT2D eigenvalue weighted by Crippen LogP contribution is 2.19. The Bertz CT molecular complexity index is 800. The number of nitrogens with two attached hydrogens (primary N) is 1. The molecule has 1 saturated heterocycles. The molecule has 5 N–H and O–H groups in total. The monoisotopic (exact) mass is 361 g/mol. The summed E-state index contributed by atoms with van der Waals surface area (Å²) in [6.45, 7) is 1.56. The van der Waals surface area contributed by atoms with Crippen molar-refractivity contribution in [2.24, 2.45) is 5.73 Å². The fourth-order valence-corrected chi connectivity index (χ4v) is 2.73. The third-order valence-corrected chi connectivity index (χ3v) is 4.22. The number of aromatic nitrogens is 6. The van der Waals surface area contributed by atoms with Crippen molar-refractivity contribution < 1.29 is 14.4 Å². The number of aromatic amines is 1.